The van der Waals surface area contributed by atoms with Crippen molar-refractivity contribution in [1.82, 2.24) is 4.90 Å². The number of aliphatic hydroxyl groups is 1. The van der Waals surface area contributed by atoms with Crippen molar-refractivity contribution in [2.45, 2.75) is 66.0 Å². The molecule has 1 saturated heterocycles. The van der Waals surface area contributed by atoms with Gasteiger partial charge in [-0.15, -0.1) is 0 Å². The first-order valence-corrected chi connectivity index (χ1v) is 6.73. The molecule has 2 heteroatoms. The third kappa shape index (κ3) is 4.06. The minimum absolute atomic E-state index is 0.0202. The predicted molar refractivity (Wildman–Crippen MR) is 69.5 cm³/mol. The highest BCUT2D eigenvalue weighted by Gasteiger charge is 2.26. The molecule has 3 unspecified atom stereocenters. The van der Waals surface area contributed by atoms with E-state index in [1.54, 1.807) is 0 Å². The van der Waals surface area contributed by atoms with Crippen molar-refractivity contribution < 1.29 is 5.11 Å². The van der Waals surface area contributed by atoms with Crippen LogP contribution in [0.3, 0.4) is 0 Å². The molecule has 1 rings (SSSR count). The second-order valence-electron chi connectivity index (χ2n) is 6.69. The molecule has 0 spiro atoms. The standard InChI is InChI=1S/C14H29NO/c1-11-6-8-15(12(2)10-11)9-7-13(16)14(3,4)5/h11-13,16H,6-10H2,1-5H3. The van der Waals surface area contributed by atoms with Crippen LogP contribution in [0, 0.1) is 11.3 Å². The van der Waals surface area contributed by atoms with Crippen LogP contribution in [0.2, 0.25) is 0 Å². The topological polar surface area (TPSA) is 23.5 Å². The van der Waals surface area contributed by atoms with Crippen molar-refractivity contribution in [1.29, 1.82) is 0 Å². The lowest BCUT2D eigenvalue weighted by Gasteiger charge is -2.38. The Kier molecular flexibility index (Phi) is 4.81. The van der Waals surface area contributed by atoms with Gasteiger partial charge in [-0.3, -0.25) is 0 Å². The smallest absolute Gasteiger partial charge is 0.0600 e. The van der Waals surface area contributed by atoms with Crippen molar-refractivity contribution in [3.05, 3.63) is 0 Å². The molecule has 0 radical (unpaired) electrons. The second-order valence-corrected chi connectivity index (χ2v) is 6.69. The largest absolute Gasteiger partial charge is 0.393 e. The van der Waals surface area contributed by atoms with Gasteiger partial charge in [0.15, 0.2) is 0 Å². The van der Waals surface area contributed by atoms with E-state index in [0.29, 0.717) is 6.04 Å². The highest BCUT2D eigenvalue weighted by molar-refractivity contribution is 4.79. The molecule has 0 aromatic rings. The number of nitrogens with zero attached hydrogens (tertiary/aromatic N) is 1. The molecule has 16 heavy (non-hydrogen) atoms. The van der Waals surface area contributed by atoms with Gasteiger partial charge in [0.2, 0.25) is 0 Å². The lowest BCUT2D eigenvalue weighted by Crippen LogP contribution is -2.42. The Morgan fingerprint density at radius 3 is 2.44 bits per heavy atom. The molecule has 0 amide bonds. The summed E-state index contributed by atoms with van der Waals surface area (Å²) in [5.41, 5.74) is 0.0202. The van der Waals surface area contributed by atoms with E-state index in [1.165, 1.54) is 19.4 Å². The molecule has 2 nitrogen and oxygen atoms in total. The number of aliphatic hydroxyl groups excluding tert-OH is 1. The van der Waals surface area contributed by atoms with Crippen LogP contribution in [0.25, 0.3) is 0 Å². The quantitative estimate of drug-likeness (QED) is 0.801. The first-order chi connectivity index (χ1) is 7.30. The zero-order chi connectivity index (χ0) is 12.3. The summed E-state index contributed by atoms with van der Waals surface area (Å²) < 4.78 is 0. The summed E-state index contributed by atoms with van der Waals surface area (Å²) in [4.78, 5) is 2.54. The summed E-state index contributed by atoms with van der Waals surface area (Å²) in [6.45, 7) is 13.3. The fraction of sp³-hybridized carbons (Fsp3) is 1.00. The van der Waals surface area contributed by atoms with Crippen LogP contribution < -0.4 is 0 Å². The molecular weight excluding hydrogens is 198 g/mol. The van der Waals surface area contributed by atoms with Gasteiger partial charge in [-0.2, -0.15) is 0 Å². The van der Waals surface area contributed by atoms with Crippen molar-refractivity contribution in [2.75, 3.05) is 13.1 Å². The molecule has 3 atom stereocenters. The molecule has 0 bridgehead atoms. The Morgan fingerprint density at radius 2 is 1.94 bits per heavy atom. The first kappa shape index (κ1) is 14.0. The van der Waals surface area contributed by atoms with Crippen LogP contribution in [0.5, 0.6) is 0 Å². The Balaban J connectivity index is 2.33. The molecule has 1 aliphatic heterocycles. The van der Waals surface area contributed by atoms with E-state index in [0.717, 1.165) is 18.9 Å². The van der Waals surface area contributed by atoms with E-state index in [9.17, 15) is 5.11 Å². The number of hydrogen-bond donors (Lipinski definition) is 1. The van der Waals surface area contributed by atoms with Gasteiger partial charge in [-0.05, 0) is 44.1 Å². The summed E-state index contributed by atoms with van der Waals surface area (Å²) >= 11 is 0. The Hall–Kier alpha value is -0.0800. The van der Waals surface area contributed by atoms with E-state index in [2.05, 4.69) is 39.5 Å². The lowest BCUT2D eigenvalue weighted by molar-refractivity contribution is 0.0338. The van der Waals surface area contributed by atoms with Crippen molar-refractivity contribution >= 4 is 0 Å². The SMILES string of the molecule is CC1CCN(CCC(O)C(C)(C)C)C(C)C1. The number of rotatable bonds is 3. The minimum Gasteiger partial charge on any atom is -0.393 e. The first-order valence-electron chi connectivity index (χ1n) is 6.73. The highest BCUT2D eigenvalue weighted by atomic mass is 16.3. The molecule has 0 aliphatic carbocycles. The zero-order valence-electron chi connectivity index (χ0n) is 11.7. The summed E-state index contributed by atoms with van der Waals surface area (Å²) in [6.07, 6.45) is 3.35. The molecule has 0 saturated carbocycles. The van der Waals surface area contributed by atoms with Crippen LogP contribution >= 0.6 is 0 Å². The normalized spacial score (nSPS) is 30.4. The van der Waals surface area contributed by atoms with Crippen molar-refractivity contribution in [2.24, 2.45) is 11.3 Å². The van der Waals surface area contributed by atoms with Gasteiger partial charge in [0.1, 0.15) is 0 Å². The van der Waals surface area contributed by atoms with Crippen molar-refractivity contribution in [3.8, 4) is 0 Å². The Bertz CT molecular complexity index is 209. The van der Waals surface area contributed by atoms with Gasteiger partial charge >= 0.3 is 0 Å². The molecule has 0 aromatic carbocycles. The van der Waals surface area contributed by atoms with E-state index >= 15 is 0 Å². The van der Waals surface area contributed by atoms with Gasteiger partial charge in [0, 0.05) is 12.6 Å². The van der Waals surface area contributed by atoms with Gasteiger partial charge in [0.25, 0.3) is 0 Å². The van der Waals surface area contributed by atoms with Crippen LogP contribution in [-0.4, -0.2) is 35.2 Å². The van der Waals surface area contributed by atoms with E-state index < -0.39 is 0 Å². The van der Waals surface area contributed by atoms with Gasteiger partial charge in [-0.25, -0.2) is 0 Å². The second kappa shape index (κ2) is 5.50. The fourth-order valence-corrected chi connectivity index (χ4v) is 2.51. The molecule has 1 N–H and O–H groups in total. The van der Waals surface area contributed by atoms with Crippen molar-refractivity contribution in [3.63, 3.8) is 0 Å². The Morgan fingerprint density at radius 1 is 1.31 bits per heavy atom. The molecule has 96 valence electrons. The predicted octanol–water partition coefficient (Wildman–Crippen LogP) is 2.90. The molecule has 0 aromatic heterocycles. The maximum absolute atomic E-state index is 10.0. The summed E-state index contributed by atoms with van der Waals surface area (Å²) in [6, 6.07) is 0.691. The van der Waals surface area contributed by atoms with Crippen LogP contribution in [0.4, 0.5) is 0 Å². The molecule has 1 aliphatic rings. The van der Waals surface area contributed by atoms with E-state index in [-0.39, 0.29) is 11.5 Å². The summed E-state index contributed by atoms with van der Waals surface area (Å²) in [7, 11) is 0. The summed E-state index contributed by atoms with van der Waals surface area (Å²) in [5, 5.41) is 10.0. The lowest BCUT2D eigenvalue weighted by atomic mass is 9.86. The maximum Gasteiger partial charge on any atom is 0.0600 e. The van der Waals surface area contributed by atoms with Crippen LogP contribution in [0.1, 0.15) is 53.9 Å². The van der Waals surface area contributed by atoms with Crippen LogP contribution in [-0.2, 0) is 0 Å². The van der Waals surface area contributed by atoms with Gasteiger partial charge in [0.05, 0.1) is 6.10 Å². The molecular formula is C14H29NO. The number of hydrogen-bond acceptors (Lipinski definition) is 2. The average Bonchev–Trinajstić information content (AvgIpc) is 2.14. The fourth-order valence-electron chi connectivity index (χ4n) is 2.51. The third-order valence-corrected chi connectivity index (χ3v) is 3.97. The zero-order valence-corrected chi connectivity index (χ0v) is 11.7. The van der Waals surface area contributed by atoms with E-state index in [1.807, 2.05) is 0 Å². The average molecular weight is 227 g/mol. The minimum atomic E-state index is -0.181. The van der Waals surface area contributed by atoms with E-state index in [4.69, 9.17) is 0 Å². The number of likely N-dealkylation sites (tertiary alicyclic amines) is 1. The Labute approximate surface area is 101 Å². The highest BCUT2D eigenvalue weighted by Crippen LogP contribution is 2.25. The molecule has 1 heterocycles. The van der Waals surface area contributed by atoms with Gasteiger partial charge in [-0.1, -0.05) is 27.7 Å². The number of piperidine rings is 1. The monoisotopic (exact) mass is 227 g/mol. The summed E-state index contributed by atoms with van der Waals surface area (Å²) in [5.74, 6) is 0.874. The van der Waals surface area contributed by atoms with Crippen LogP contribution in [0.15, 0.2) is 0 Å². The maximum atomic E-state index is 10.0. The molecule has 1 fully saturated rings. The third-order valence-electron chi connectivity index (χ3n) is 3.97. The van der Waals surface area contributed by atoms with Gasteiger partial charge < -0.3 is 10.0 Å².